The van der Waals surface area contributed by atoms with E-state index in [-0.39, 0.29) is 6.54 Å². The number of amides is 1. The molecule has 0 spiro atoms. The van der Waals surface area contributed by atoms with Crippen LogP contribution in [0.1, 0.15) is 25.3 Å². The number of carbonyl (C=O) groups is 2. The normalized spacial score (nSPS) is 10.4. The Bertz CT molecular complexity index is 465. The minimum absolute atomic E-state index is 0.382. The van der Waals surface area contributed by atoms with Gasteiger partial charge in [0.2, 0.25) is 5.91 Å². The van der Waals surface area contributed by atoms with Gasteiger partial charge in [-0.25, -0.2) is 0 Å². The van der Waals surface area contributed by atoms with E-state index in [2.05, 4.69) is 12.2 Å². The summed E-state index contributed by atoms with van der Waals surface area (Å²) in [4.78, 5) is 21.5. The molecule has 0 aliphatic rings. The Hall–Kier alpha value is -2.30. The molecule has 0 bridgehead atoms. The molecule has 0 saturated carbocycles. The molecule has 108 valence electrons. The number of rotatable bonds is 8. The molecule has 0 aliphatic heterocycles. The molecule has 5 heteroatoms. The Balaban J connectivity index is 2.44. The van der Waals surface area contributed by atoms with Gasteiger partial charge in [0.15, 0.2) is 0 Å². The number of hydrogen-bond donors (Lipinski definition) is 2. The van der Waals surface area contributed by atoms with Gasteiger partial charge in [-0.05, 0) is 30.2 Å². The minimum atomic E-state index is -1.07. The fraction of sp³-hybridized carbons (Fsp3) is 0.333. The quantitative estimate of drug-likeness (QED) is 0.563. The van der Waals surface area contributed by atoms with E-state index in [1.165, 1.54) is 6.08 Å². The van der Waals surface area contributed by atoms with Crippen LogP contribution in [0.2, 0.25) is 0 Å². The molecule has 20 heavy (non-hydrogen) atoms. The Kier molecular flexibility index (Phi) is 6.89. The molecule has 0 unspecified atom stereocenters. The number of aliphatic carboxylic acids is 1. The molecule has 0 aromatic heterocycles. The highest BCUT2D eigenvalue weighted by Gasteiger charge is 1.99. The zero-order chi connectivity index (χ0) is 14.8. The van der Waals surface area contributed by atoms with Crippen molar-refractivity contribution in [1.82, 2.24) is 5.32 Å². The van der Waals surface area contributed by atoms with Crippen LogP contribution < -0.4 is 10.1 Å². The van der Waals surface area contributed by atoms with Crippen LogP contribution in [0, 0.1) is 0 Å². The molecule has 1 rings (SSSR count). The summed E-state index contributed by atoms with van der Waals surface area (Å²) in [6.45, 7) is 2.42. The summed E-state index contributed by atoms with van der Waals surface area (Å²) in [6, 6.07) is 7.35. The lowest BCUT2D eigenvalue weighted by molar-refractivity contribution is -0.137. The molecular weight excluding hydrogens is 258 g/mol. The predicted molar refractivity (Wildman–Crippen MR) is 76.5 cm³/mol. The van der Waals surface area contributed by atoms with Crippen molar-refractivity contribution >= 4 is 18.0 Å². The summed E-state index contributed by atoms with van der Waals surface area (Å²) in [6.07, 6.45) is 5.03. The van der Waals surface area contributed by atoms with Gasteiger partial charge in [0.25, 0.3) is 0 Å². The van der Waals surface area contributed by atoms with Crippen LogP contribution in [0.25, 0.3) is 6.08 Å². The highest BCUT2D eigenvalue weighted by molar-refractivity contribution is 5.93. The van der Waals surface area contributed by atoms with Gasteiger partial charge in [-0.15, -0.1) is 0 Å². The lowest BCUT2D eigenvalue weighted by atomic mass is 10.2. The summed E-state index contributed by atoms with van der Waals surface area (Å²) in [7, 11) is 0. The van der Waals surface area contributed by atoms with Gasteiger partial charge in [-0.3, -0.25) is 9.59 Å². The van der Waals surface area contributed by atoms with Gasteiger partial charge in [-0.2, -0.15) is 0 Å². The largest absolute Gasteiger partial charge is 0.494 e. The van der Waals surface area contributed by atoms with Crippen LogP contribution in [0.15, 0.2) is 30.3 Å². The molecule has 0 saturated heterocycles. The van der Waals surface area contributed by atoms with Crippen LogP contribution >= 0.6 is 0 Å². The summed E-state index contributed by atoms with van der Waals surface area (Å²) >= 11 is 0. The average Bonchev–Trinajstić information content (AvgIpc) is 2.44. The lowest BCUT2D eigenvalue weighted by Crippen LogP contribution is -2.27. The van der Waals surface area contributed by atoms with Gasteiger partial charge in [0.05, 0.1) is 6.61 Å². The predicted octanol–water partition coefficient (Wildman–Crippen LogP) is 2.08. The van der Waals surface area contributed by atoms with Crippen molar-refractivity contribution in [3.8, 4) is 5.75 Å². The van der Waals surface area contributed by atoms with Gasteiger partial charge < -0.3 is 15.2 Å². The third-order valence-corrected chi connectivity index (χ3v) is 2.49. The molecular formula is C15H19NO4. The number of carboxylic acids is 1. The van der Waals surface area contributed by atoms with Crippen molar-refractivity contribution in [1.29, 1.82) is 0 Å². The van der Waals surface area contributed by atoms with Crippen molar-refractivity contribution in [2.24, 2.45) is 0 Å². The van der Waals surface area contributed by atoms with Gasteiger partial charge >= 0.3 is 5.97 Å². The van der Waals surface area contributed by atoms with Crippen molar-refractivity contribution in [2.75, 3.05) is 13.2 Å². The zero-order valence-electron chi connectivity index (χ0n) is 11.5. The van der Waals surface area contributed by atoms with E-state index in [0.29, 0.717) is 6.61 Å². The summed E-state index contributed by atoms with van der Waals surface area (Å²) < 4.78 is 5.52. The third kappa shape index (κ3) is 6.58. The fourth-order valence-corrected chi connectivity index (χ4v) is 1.40. The van der Waals surface area contributed by atoms with Crippen molar-refractivity contribution in [3.05, 3.63) is 35.9 Å². The number of nitrogens with one attached hydrogen (secondary N) is 1. The van der Waals surface area contributed by atoms with E-state index < -0.39 is 11.9 Å². The maximum atomic E-state index is 11.3. The summed E-state index contributed by atoms with van der Waals surface area (Å²) in [5.41, 5.74) is 0.846. The maximum absolute atomic E-state index is 11.3. The molecule has 0 atom stereocenters. The molecule has 2 N–H and O–H groups in total. The number of benzene rings is 1. The first-order chi connectivity index (χ1) is 9.61. The Labute approximate surface area is 118 Å². The zero-order valence-corrected chi connectivity index (χ0v) is 11.5. The van der Waals surface area contributed by atoms with Gasteiger partial charge in [0.1, 0.15) is 12.3 Å². The van der Waals surface area contributed by atoms with Crippen molar-refractivity contribution in [2.45, 2.75) is 19.8 Å². The van der Waals surface area contributed by atoms with E-state index >= 15 is 0 Å². The Morgan fingerprint density at radius 1 is 1.30 bits per heavy atom. The number of carbonyl (C=O) groups excluding carboxylic acids is 1. The highest BCUT2D eigenvalue weighted by atomic mass is 16.5. The second-order valence-corrected chi connectivity index (χ2v) is 4.22. The van der Waals surface area contributed by atoms with E-state index in [0.717, 1.165) is 24.2 Å². The molecule has 1 amide bonds. The van der Waals surface area contributed by atoms with E-state index in [9.17, 15) is 9.59 Å². The second-order valence-electron chi connectivity index (χ2n) is 4.22. The molecule has 1 aromatic rings. The first-order valence-electron chi connectivity index (χ1n) is 6.52. The lowest BCUT2D eigenvalue weighted by Gasteiger charge is -2.05. The Morgan fingerprint density at radius 2 is 2.00 bits per heavy atom. The van der Waals surface area contributed by atoms with Crippen LogP contribution in [-0.4, -0.2) is 30.1 Å². The number of ether oxygens (including phenoxy) is 1. The third-order valence-electron chi connectivity index (χ3n) is 2.49. The average molecular weight is 277 g/mol. The van der Waals surface area contributed by atoms with Crippen molar-refractivity contribution in [3.63, 3.8) is 0 Å². The standard InChI is InChI=1S/C15H19NO4/c1-2-3-10-20-13-7-4-12(5-8-13)6-9-14(17)16-11-15(18)19/h4-9H,2-3,10-11H2,1H3,(H,16,17)(H,18,19). The highest BCUT2D eigenvalue weighted by Crippen LogP contribution is 2.13. The fourth-order valence-electron chi connectivity index (χ4n) is 1.40. The second kappa shape index (κ2) is 8.74. The first kappa shape index (κ1) is 15.8. The molecule has 0 radical (unpaired) electrons. The molecule has 0 fully saturated rings. The first-order valence-corrected chi connectivity index (χ1v) is 6.52. The SMILES string of the molecule is CCCCOc1ccc(C=CC(=O)NCC(=O)O)cc1. The molecule has 5 nitrogen and oxygen atoms in total. The Morgan fingerprint density at radius 3 is 2.60 bits per heavy atom. The van der Waals surface area contributed by atoms with E-state index in [4.69, 9.17) is 9.84 Å². The smallest absolute Gasteiger partial charge is 0.322 e. The summed E-state index contributed by atoms with van der Waals surface area (Å²) in [5.74, 6) is -0.707. The summed E-state index contributed by atoms with van der Waals surface area (Å²) in [5, 5.41) is 10.7. The van der Waals surface area contributed by atoms with Gasteiger partial charge in [0, 0.05) is 6.08 Å². The van der Waals surface area contributed by atoms with Crippen LogP contribution in [-0.2, 0) is 9.59 Å². The minimum Gasteiger partial charge on any atom is -0.494 e. The topological polar surface area (TPSA) is 75.6 Å². The molecule has 1 aromatic carbocycles. The number of unbranched alkanes of at least 4 members (excludes halogenated alkanes) is 1. The van der Waals surface area contributed by atoms with E-state index in [1.54, 1.807) is 6.08 Å². The van der Waals surface area contributed by atoms with Crippen LogP contribution in [0.3, 0.4) is 0 Å². The number of carboxylic acid groups (broad SMARTS) is 1. The van der Waals surface area contributed by atoms with E-state index in [1.807, 2.05) is 24.3 Å². The van der Waals surface area contributed by atoms with Crippen LogP contribution in [0.4, 0.5) is 0 Å². The van der Waals surface area contributed by atoms with Gasteiger partial charge in [-0.1, -0.05) is 25.5 Å². The maximum Gasteiger partial charge on any atom is 0.322 e. The monoisotopic (exact) mass is 277 g/mol. The number of hydrogen-bond acceptors (Lipinski definition) is 3. The van der Waals surface area contributed by atoms with Crippen molar-refractivity contribution < 1.29 is 19.4 Å². The molecule has 0 aliphatic carbocycles. The van der Waals surface area contributed by atoms with Crippen LogP contribution in [0.5, 0.6) is 5.75 Å². The molecule has 0 heterocycles.